The van der Waals surface area contributed by atoms with E-state index in [9.17, 15) is 0 Å². The maximum Gasteiger partial charge on any atom is 0.260 e. The summed E-state index contributed by atoms with van der Waals surface area (Å²) in [5, 5.41) is 4.01. The van der Waals surface area contributed by atoms with E-state index >= 15 is 0 Å². The van der Waals surface area contributed by atoms with Gasteiger partial charge in [-0.15, -0.1) is 0 Å². The van der Waals surface area contributed by atoms with Gasteiger partial charge in [-0.1, -0.05) is 11.2 Å². The third kappa shape index (κ3) is 2.57. The predicted octanol–water partition coefficient (Wildman–Crippen LogP) is 3.26. The smallest absolute Gasteiger partial charge is 0.260 e. The summed E-state index contributed by atoms with van der Waals surface area (Å²) in [7, 11) is 0. The number of hydrogen-bond donors (Lipinski definition) is 0. The van der Waals surface area contributed by atoms with Crippen LogP contribution in [0.4, 0.5) is 0 Å². The predicted molar refractivity (Wildman–Crippen MR) is 84.0 cm³/mol. The Morgan fingerprint density at radius 2 is 1.74 bits per heavy atom. The molecule has 0 amide bonds. The molecule has 6 nitrogen and oxygen atoms in total. The van der Waals surface area contributed by atoms with Gasteiger partial charge >= 0.3 is 0 Å². The van der Waals surface area contributed by atoms with Gasteiger partial charge in [-0.3, -0.25) is 15.0 Å². The number of nitrogens with zero attached hydrogens (tertiary/aromatic N) is 5. The first-order valence-corrected chi connectivity index (χ1v) is 7.03. The Kier molecular flexibility index (Phi) is 3.32. The molecule has 4 aromatic heterocycles. The van der Waals surface area contributed by atoms with Crippen LogP contribution in [-0.4, -0.2) is 25.1 Å². The van der Waals surface area contributed by atoms with Crippen LogP contribution in [0.2, 0.25) is 0 Å². The van der Waals surface area contributed by atoms with Crippen LogP contribution in [0.25, 0.3) is 34.2 Å². The molecule has 0 fully saturated rings. The van der Waals surface area contributed by atoms with E-state index in [4.69, 9.17) is 4.52 Å². The third-order valence-electron chi connectivity index (χ3n) is 3.29. The van der Waals surface area contributed by atoms with E-state index in [-0.39, 0.29) is 0 Å². The molecule has 6 heteroatoms. The summed E-state index contributed by atoms with van der Waals surface area (Å²) in [6.07, 6.45) is 6.89. The van der Waals surface area contributed by atoms with Crippen molar-refractivity contribution in [2.45, 2.75) is 0 Å². The number of pyridine rings is 3. The molecule has 0 bridgehead atoms. The lowest BCUT2D eigenvalue weighted by Crippen LogP contribution is -1.90. The number of aromatic nitrogens is 5. The quantitative estimate of drug-likeness (QED) is 0.578. The lowest BCUT2D eigenvalue weighted by atomic mass is 10.1. The van der Waals surface area contributed by atoms with Crippen molar-refractivity contribution in [3.8, 4) is 34.2 Å². The van der Waals surface area contributed by atoms with E-state index in [1.54, 1.807) is 24.8 Å². The Hall–Kier alpha value is -3.41. The highest BCUT2D eigenvalue weighted by molar-refractivity contribution is 5.76. The minimum Gasteiger partial charge on any atom is -0.333 e. The van der Waals surface area contributed by atoms with Crippen LogP contribution in [0.5, 0.6) is 0 Å². The minimum absolute atomic E-state index is 0.401. The van der Waals surface area contributed by atoms with Crippen molar-refractivity contribution in [2.24, 2.45) is 0 Å². The second-order valence-electron chi connectivity index (χ2n) is 4.78. The van der Waals surface area contributed by atoms with E-state index in [1.165, 1.54) is 0 Å². The largest absolute Gasteiger partial charge is 0.333 e. The molecule has 0 unspecified atom stereocenters. The van der Waals surface area contributed by atoms with Crippen LogP contribution >= 0.6 is 0 Å². The molecule has 0 aromatic carbocycles. The summed E-state index contributed by atoms with van der Waals surface area (Å²) in [4.78, 5) is 17.2. The Balaban J connectivity index is 1.79. The zero-order valence-electron chi connectivity index (χ0n) is 12.0. The summed E-state index contributed by atoms with van der Waals surface area (Å²) >= 11 is 0. The highest BCUT2D eigenvalue weighted by Gasteiger charge is 2.16. The van der Waals surface area contributed by atoms with Crippen molar-refractivity contribution in [1.29, 1.82) is 0 Å². The molecule has 0 spiro atoms. The van der Waals surface area contributed by atoms with Crippen LogP contribution in [0.1, 0.15) is 0 Å². The average Bonchev–Trinajstić information content (AvgIpc) is 3.13. The molecule has 0 saturated carbocycles. The average molecular weight is 301 g/mol. The first-order valence-electron chi connectivity index (χ1n) is 7.03. The molecule has 0 atom stereocenters. The van der Waals surface area contributed by atoms with Gasteiger partial charge in [0.25, 0.3) is 5.89 Å². The molecule has 0 radical (unpaired) electrons. The van der Waals surface area contributed by atoms with E-state index in [1.807, 2.05) is 42.5 Å². The van der Waals surface area contributed by atoms with Gasteiger partial charge in [-0.25, -0.2) is 0 Å². The van der Waals surface area contributed by atoms with Gasteiger partial charge in [-0.05, 0) is 36.4 Å². The Morgan fingerprint density at radius 1 is 0.826 bits per heavy atom. The first kappa shape index (κ1) is 13.3. The lowest BCUT2D eigenvalue weighted by Gasteiger charge is -2.03. The highest BCUT2D eigenvalue weighted by atomic mass is 16.5. The molecular weight excluding hydrogens is 290 g/mol. The Labute approximate surface area is 131 Å². The molecule has 0 saturated heterocycles. The van der Waals surface area contributed by atoms with Crippen LogP contribution in [0.3, 0.4) is 0 Å². The number of rotatable bonds is 3. The van der Waals surface area contributed by atoms with Gasteiger partial charge in [-0.2, -0.15) is 4.98 Å². The summed E-state index contributed by atoms with van der Waals surface area (Å²) in [5.74, 6) is 0.846. The van der Waals surface area contributed by atoms with Crippen LogP contribution in [0.15, 0.2) is 71.8 Å². The number of hydrogen-bond acceptors (Lipinski definition) is 6. The maximum absolute atomic E-state index is 5.41. The summed E-state index contributed by atoms with van der Waals surface area (Å²) in [5.41, 5.74) is 3.06. The van der Waals surface area contributed by atoms with Crippen molar-refractivity contribution in [1.82, 2.24) is 25.1 Å². The van der Waals surface area contributed by atoms with Gasteiger partial charge in [0.15, 0.2) is 0 Å². The van der Waals surface area contributed by atoms with Crippen molar-refractivity contribution in [3.63, 3.8) is 0 Å². The fraction of sp³-hybridized carbons (Fsp3) is 0. The topological polar surface area (TPSA) is 77.6 Å². The summed E-state index contributed by atoms with van der Waals surface area (Å²) < 4.78 is 5.41. The van der Waals surface area contributed by atoms with Crippen molar-refractivity contribution in [2.75, 3.05) is 0 Å². The standard InChI is InChI=1S/C17H11N5O/c1-2-9-19-14(7-1)16-21-17(23-22-16)13-6-4-10-20-15(13)12-5-3-8-18-11-12/h1-11H. The van der Waals surface area contributed by atoms with Crippen molar-refractivity contribution in [3.05, 3.63) is 67.3 Å². The van der Waals surface area contributed by atoms with Gasteiger partial charge in [0.1, 0.15) is 5.69 Å². The van der Waals surface area contributed by atoms with Crippen molar-refractivity contribution < 1.29 is 4.52 Å². The molecule has 4 rings (SSSR count). The molecule has 110 valence electrons. The van der Waals surface area contributed by atoms with Gasteiger partial charge < -0.3 is 4.52 Å². The van der Waals surface area contributed by atoms with Crippen LogP contribution < -0.4 is 0 Å². The minimum atomic E-state index is 0.401. The van der Waals surface area contributed by atoms with E-state index in [0.29, 0.717) is 17.4 Å². The second kappa shape index (κ2) is 5.76. The summed E-state index contributed by atoms with van der Waals surface area (Å²) in [6, 6.07) is 13.1. The molecule has 0 aliphatic rings. The molecule has 0 aliphatic carbocycles. The molecular formula is C17H11N5O. The molecule has 0 aliphatic heterocycles. The van der Waals surface area contributed by atoms with Gasteiger partial charge in [0.05, 0.1) is 11.3 Å². The summed E-state index contributed by atoms with van der Waals surface area (Å²) in [6.45, 7) is 0. The fourth-order valence-corrected chi connectivity index (χ4v) is 2.24. The van der Waals surface area contributed by atoms with E-state index in [2.05, 4.69) is 25.1 Å². The van der Waals surface area contributed by atoms with E-state index in [0.717, 1.165) is 16.8 Å². The lowest BCUT2D eigenvalue weighted by molar-refractivity contribution is 0.432. The molecule has 4 heterocycles. The second-order valence-corrected chi connectivity index (χ2v) is 4.78. The Morgan fingerprint density at radius 3 is 2.57 bits per heavy atom. The fourth-order valence-electron chi connectivity index (χ4n) is 2.24. The van der Waals surface area contributed by atoms with Crippen LogP contribution in [-0.2, 0) is 0 Å². The zero-order valence-corrected chi connectivity index (χ0v) is 12.0. The normalized spacial score (nSPS) is 10.6. The highest BCUT2D eigenvalue weighted by Crippen LogP contribution is 2.29. The van der Waals surface area contributed by atoms with Crippen molar-refractivity contribution >= 4 is 0 Å². The third-order valence-corrected chi connectivity index (χ3v) is 3.29. The SMILES string of the molecule is c1ccc(-c2noc(-c3cccnc3-c3cccnc3)n2)nc1. The molecule has 23 heavy (non-hydrogen) atoms. The van der Waals surface area contributed by atoms with E-state index < -0.39 is 0 Å². The zero-order chi connectivity index (χ0) is 15.5. The molecule has 0 N–H and O–H groups in total. The Bertz CT molecular complexity index is 922. The van der Waals surface area contributed by atoms with Crippen LogP contribution in [0, 0.1) is 0 Å². The maximum atomic E-state index is 5.41. The molecule has 4 aromatic rings. The first-order chi connectivity index (χ1) is 11.4. The van der Waals surface area contributed by atoms with Gasteiger partial charge in [0, 0.05) is 30.4 Å². The monoisotopic (exact) mass is 301 g/mol. The van der Waals surface area contributed by atoms with Gasteiger partial charge in [0.2, 0.25) is 5.82 Å².